The van der Waals surface area contributed by atoms with E-state index in [9.17, 15) is 9.59 Å². The van der Waals surface area contributed by atoms with Gasteiger partial charge in [0.25, 0.3) is 0 Å². The van der Waals surface area contributed by atoms with Crippen molar-refractivity contribution in [2.45, 2.75) is 58.7 Å². The average Bonchev–Trinajstić information content (AvgIpc) is 2.51. The average molecular weight is 288 g/mol. The smallest absolute Gasteiger partial charge is 0.248 e. The van der Waals surface area contributed by atoms with Gasteiger partial charge in [-0.2, -0.15) is 0 Å². The van der Waals surface area contributed by atoms with Crippen molar-refractivity contribution in [3.63, 3.8) is 0 Å². The molecule has 21 heavy (non-hydrogen) atoms. The number of carbonyl (C=O) groups excluding carboxylic acids is 2. The quantitative estimate of drug-likeness (QED) is 0.928. The van der Waals surface area contributed by atoms with E-state index in [1.165, 1.54) is 5.56 Å². The van der Waals surface area contributed by atoms with E-state index in [2.05, 4.69) is 5.32 Å². The zero-order valence-electron chi connectivity index (χ0n) is 13.3. The molecule has 1 fully saturated rings. The summed E-state index contributed by atoms with van der Waals surface area (Å²) in [4.78, 5) is 26.7. The lowest BCUT2D eigenvalue weighted by Gasteiger charge is -2.34. The number of carbonyl (C=O) groups is 2. The third kappa shape index (κ3) is 3.09. The van der Waals surface area contributed by atoms with Crippen molar-refractivity contribution in [1.82, 2.24) is 10.2 Å². The van der Waals surface area contributed by atoms with E-state index in [4.69, 9.17) is 0 Å². The van der Waals surface area contributed by atoms with Gasteiger partial charge in [0.1, 0.15) is 5.54 Å². The van der Waals surface area contributed by atoms with Crippen molar-refractivity contribution < 1.29 is 9.59 Å². The molecule has 1 aromatic carbocycles. The minimum absolute atomic E-state index is 0.00611. The number of aryl methyl sites for hydroxylation is 1. The summed E-state index contributed by atoms with van der Waals surface area (Å²) in [5.41, 5.74) is 1.49. The van der Waals surface area contributed by atoms with Crippen LogP contribution in [0, 0.1) is 6.92 Å². The molecule has 2 atom stereocenters. The second-order valence-corrected chi connectivity index (χ2v) is 6.15. The fraction of sp³-hybridized carbons (Fsp3) is 0.529. The molecule has 0 aromatic heterocycles. The molecule has 1 heterocycles. The lowest BCUT2D eigenvalue weighted by atomic mass is 9.96. The van der Waals surface area contributed by atoms with Gasteiger partial charge in [0.2, 0.25) is 11.8 Å². The van der Waals surface area contributed by atoms with Gasteiger partial charge in [0.15, 0.2) is 0 Å². The van der Waals surface area contributed by atoms with Gasteiger partial charge in [0, 0.05) is 19.0 Å². The van der Waals surface area contributed by atoms with Crippen molar-refractivity contribution in [3.05, 3.63) is 35.4 Å². The largest absolute Gasteiger partial charge is 0.342 e. The fourth-order valence-corrected chi connectivity index (χ4v) is 2.75. The predicted molar refractivity (Wildman–Crippen MR) is 82.6 cm³/mol. The van der Waals surface area contributed by atoms with Crippen molar-refractivity contribution in [3.8, 4) is 0 Å². The number of hydrogen-bond donors (Lipinski definition) is 1. The van der Waals surface area contributed by atoms with E-state index < -0.39 is 5.54 Å². The lowest BCUT2D eigenvalue weighted by molar-refractivity contribution is -0.140. The number of nitrogens with zero attached hydrogens (tertiary/aromatic N) is 1. The van der Waals surface area contributed by atoms with Gasteiger partial charge in [0.05, 0.1) is 0 Å². The summed E-state index contributed by atoms with van der Waals surface area (Å²) in [6.07, 6.45) is 0.946. The molecule has 2 unspecified atom stereocenters. The molecule has 114 valence electrons. The molecule has 2 rings (SSSR count). The second-order valence-electron chi connectivity index (χ2n) is 6.15. The number of nitrogens with one attached hydrogen (secondary N) is 1. The van der Waals surface area contributed by atoms with Crippen molar-refractivity contribution >= 4 is 11.8 Å². The predicted octanol–water partition coefficient (Wildman–Crippen LogP) is 2.40. The zero-order chi connectivity index (χ0) is 15.6. The van der Waals surface area contributed by atoms with Crippen LogP contribution in [0.3, 0.4) is 0 Å². The maximum Gasteiger partial charge on any atom is 0.248 e. The standard InChI is InChI=1S/C17H24N2O2/c1-5-17(4)16(21)19(13(3)10-15(20)18-17)11-14-9-7-6-8-12(14)2/h6-9,13H,5,10-11H2,1-4H3,(H,18,20). The molecule has 1 aromatic rings. The lowest BCUT2D eigenvalue weighted by Crippen LogP contribution is -2.55. The van der Waals surface area contributed by atoms with Gasteiger partial charge in [-0.1, -0.05) is 31.2 Å². The van der Waals surface area contributed by atoms with Crippen molar-refractivity contribution in [2.24, 2.45) is 0 Å². The number of hydrogen-bond acceptors (Lipinski definition) is 2. The second kappa shape index (κ2) is 5.88. The minimum atomic E-state index is -0.801. The van der Waals surface area contributed by atoms with Gasteiger partial charge in [-0.25, -0.2) is 0 Å². The molecule has 0 saturated carbocycles. The number of benzene rings is 1. The van der Waals surface area contributed by atoms with Gasteiger partial charge in [-0.3, -0.25) is 9.59 Å². The van der Waals surface area contributed by atoms with Gasteiger partial charge in [-0.05, 0) is 38.3 Å². The highest BCUT2D eigenvalue weighted by Crippen LogP contribution is 2.24. The molecule has 1 N–H and O–H groups in total. The summed E-state index contributed by atoms with van der Waals surface area (Å²) in [6.45, 7) is 8.29. The highest BCUT2D eigenvalue weighted by Gasteiger charge is 2.41. The van der Waals surface area contributed by atoms with Crippen LogP contribution in [0.5, 0.6) is 0 Å². The van der Waals surface area contributed by atoms with Crippen LogP contribution in [-0.2, 0) is 16.1 Å². The highest BCUT2D eigenvalue weighted by molar-refractivity contribution is 5.93. The Hall–Kier alpha value is -1.84. The summed E-state index contributed by atoms with van der Waals surface area (Å²) in [5, 5.41) is 2.89. The maximum atomic E-state index is 12.9. The monoisotopic (exact) mass is 288 g/mol. The van der Waals surface area contributed by atoms with Crippen LogP contribution in [0.15, 0.2) is 24.3 Å². The topological polar surface area (TPSA) is 49.4 Å². The first kappa shape index (κ1) is 15.5. The van der Waals surface area contributed by atoms with E-state index in [-0.39, 0.29) is 17.9 Å². The van der Waals surface area contributed by atoms with Crippen LogP contribution in [0.1, 0.15) is 44.7 Å². The third-order valence-electron chi connectivity index (χ3n) is 4.47. The van der Waals surface area contributed by atoms with E-state index >= 15 is 0 Å². The maximum absolute atomic E-state index is 12.9. The Bertz CT molecular complexity index is 555. The summed E-state index contributed by atoms with van der Waals surface area (Å²) in [7, 11) is 0. The molecule has 4 heteroatoms. The molecule has 1 aliphatic heterocycles. The Morgan fingerprint density at radius 3 is 2.62 bits per heavy atom. The highest BCUT2D eigenvalue weighted by atomic mass is 16.2. The van der Waals surface area contributed by atoms with Crippen LogP contribution in [0.2, 0.25) is 0 Å². The van der Waals surface area contributed by atoms with Crippen molar-refractivity contribution in [2.75, 3.05) is 0 Å². The van der Waals surface area contributed by atoms with E-state index in [0.717, 1.165) is 5.56 Å². The molecule has 2 amide bonds. The molecule has 4 nitrogen and oxygen atoms in total. The zero-order valence-corrected chi connectivity index (χ0v) is 13.3. The summed E-state index contributed by atoms with van der Waals surface area (Å²) in [6, 6.07) is 7.97. The molecule has 0 spiro atoms. The Labute approximate surface area is 126 Å². The fourth-order valence-electron chi connectivity index (χ4n) is 2.75. The molecular formula is C17H24N2O2. The first-order chi connectivity index (χ1) is 9.87. The first-order valence-electron chi connectivity index (χ1n) is 7.54. The van der Waals surface area contributed by atoms with Crippen LogP contribution in [0.4, 0.5) is 0 Å². The first-order valence-corrected chi connectivity index (χ1v) is 7.54. The number of amides is 2. The molecule has 0 bridgehead atoms. The minimum Gasteiger partial charge on any atom is -0.342 e. The van der Waals surface area contributed by atoms with Gasteiger partial charge in [-0.15, -0.1) is 0 Å². The van der Waals surface area contributed by atoms with E-state index in [1.54, 1.807) is 0 Å². The van der Waals surface area contributed by atoms with Crippen molar-refractivity contribution in [1.29, 1.82) is 0 Å². The summed E-state index contributed by atoms with van der Waals surface area (Å²) < 4.78 is 0. The van der Waals surface area contributed by atoms with Crippen LogP contribution in [-0.4, -0.2) is 28.3 Å². The Morgan fingerprint density at radius 1 is 1.33 bits per heavy atom. The normalized spacial score (nSPS) is 26.5. The van der Waals surface area contributed by atoms with Crippen LogP contribution in [0.25, 0.3) is 0 Å². The Balaban J connectivity index is 2.33. The van der Waals surface area contributed by atoms with E-state index in [1.807, 2.05) is 56.9 Å². The SMILES string of the molecule is CCC1(C)NC(=O)CC(C)N(Cc2ccccc2C)C1=O. The Kier molecular flexibility index (Phi) is 4.35. The van der Waals surface area contributed by atoms with Gasteiger partial charge < -0.3 is 10.2 Å². The molecule has 1 saturated heterocycles. The summed E-state index contributed by atoms with van der Waals surface area (Å²) in [5.74, 6) is -0.0425. The number of rotatable bonds is 3. The summed E-state index contributed by atoms with van der Waals surface area (Å²) >= 11 is 0. The Morgan fingerprint density at radius 2 is 2.00 bits per heavy atom. The van der Waals surface area contributed by atoms with Gasteiger partial charge >= 0.3 is 0 Å². The van der Waals surface area contributed by atoms with Crippen LogP contribution >= 0.6 is 0 Å². The third-order valence-corrected chi connectivity index (χ3v) is 4.47. The molecule has 0 aliphatic carbocycles. The van der Waals surface area contributed by atoms with E-state index in [0.29, 0.717) is 19.4 Å². The molecule has 0 radical (unpaired) electrons. The molecular weight excluding hydrogens is 264 g/mol. The molecule has 1 aliphatic rings. The van der Waals surface area contributed by atoms with Crippen LogP contribution < -0.4 is 5.32 Å².